The fourth-order valence-electron chi connectivity index (χ4n) is 2.16. The lowest BCUT2D eigenvalue weighted by Gasteiger charge is -2.17. The molecule has 19 heavy (non-hydrogen) atoms. The van der Waals surface area contributed by atoms with Gasteiger partial charge in [-0.2, -0.15) is 0 Å². The summed E-state index contributed by atoms with van der Waals surface area (Å²) in [7, 11) is 3.21. The van der Waals surface area contributed by atoms with Crippen LogP contribution in [-0.2, 0) is 16.0 Å². The zero-order valence-electron chi connectivity index (χ0n) is 10.8. The van der Waals surface area contributed by atoms with Gasteiger partial charge in [0.25, 0.3) is 0 Å². The number of anilines is 1. The van der Waals surface area contributed by atoms with E-state index in [2.05, 4.69) is 0 Å². The largest absolute Gasteiger partial charge is 0.506 e. The highest BCUT2D eigenvalue weighted by Gasteiger charge is 2.28. The summed E-state index contributed by atoms with van der Waals surface area (Å²) in [4.78, 5) is 24.1. The number of rotatable bonds is 2. The third kappa shape index (κ3) is 2.78. The molecule has 1 aliphatic heterocycles. The number of methoxy groups -OCH3 is 1. The van der Waals surface area contributed by atoms with Gasteiger partial charge < -0.3 is 19.5 Å². The summed E-state index contributed by atoms with van der Waals surface area (Å²) in [5.74, 6) is 0.467. The molecule has 0 saturated heterocycles. The Balaban J connectivity index is 2.36. The quantitative estimate of drug-likeness (QED) is 0.823. The van der Waals surface area contributed by atoms with Crippen LogP contribution in [0.5, 0.6) is 5.75 Å². The van der Waals surface area contributed by atoms with E-state index in [9.17, 15) is 9.59 Å². The minimum atomic E-state index is -1.36. The van der Waals surface area contributed by atoms with Gasteiger partial charge in [0.1, 0.15) is 11.9 Å². The molecule has 102 valence electrons. The molecule has 1 aromatic rings. The lowest BCUT2D eigenvalue weighted by molar-refractivity contribution is -0.120. The summed E-state index contributed by atoms with van der Waals surface area (Å²) in [5, 5.41) is 8.67. The Morgan fingerprint density at radius 1 is 1.42 bits per heavy atom. The summed E-state index contributed by atoms with van der Waals surface area (Å²) < 4.78 is 9.87. The maximum Gasteiger partial charge on any atom is 0.506 e. The van der Waals surface area contributed by atoms with Gasteiger partial charge in [-0.15, -0.1) is 0 Å². The summed E-state index contributed by atoms with van der Waals surface area (Å²) in [5.41, 5.74) is 1.58. The van der Waals surface area contributed by atoms with Gasteiger partial charge in [-0.1, -0.05) is 6.07 Å². The standard InChI is InChI=1S/C13H15NO5/c1-14-11-6-9(18-2)4-3-8(11)5-10(7-12(14)15)19-13(16)17/h3-4,6,10H,5,7H2,1-2H3,(H,16,17). The summed E-state index contributed by atoms with van der Waals surface area (Å²) in [6, 6.07) is 5.36. The second-order valence-corrected chi connectivity index (χ2v) is 4.36. The number of hydrogen-bond donors (Lipinski definition) is 1. The maximum absolute atomic E-state index is 12.0. The Morgan fingerprint density at radius 3 is 2.79 bits per heavy atom. The van der Waals surface area contributed by atoms with Gasteiger partial charge >= 0.3 is 6.16 Å². The van der Waals surface area contributed by atoms with E-state index in [4.69, 9.17) is 14.6 Å². The zero-order chi connectivity index (χ0) is 14.0. The molecule has 0 aromatic heterocycles. The van der Waals surface area contributed by atoms with Gasteiger partial charge in [0.05, 0.1) is 19.2 Å². The summed E-state index contributed by atoms with van der Waals surface area (Å²) in [6.45, 7) is 0. The number of amides is 1. The highest BCUT2D eigenvalue weighted by atomic mass is 16.7. The van der Waals surface area contributed by atoms with E-state index in [0.717, 1.165) is 11.3 Å². The molecule has 6 heteroatoms. The van der Waals surface area contributed by atoms with Crippen LogP contribution in [0.2, 0.25) is 0 Å². The second-order valence-electron chi connectivity index (χ2n) is 4.36. The summed E-state index contributed by atoms with van der Waals surface area (Å²) in [6.07, 6.45) is -1.60. The Kier molecular flexibility index (Phi) is 3.59. The van der Waals surface area contributed by atoms with Crippen LogP contribution in [-0.4, -0.2) is 37.4 Å². The Morgan fingerprint density at radius 2 is 2.16 bits per heavy atom. The van der Waals surface area contributed by atoms with E-state index in [1.807, 2.05) is 6.07 Å². The van der Waals surface area contributed by atoms with Crippen molar-refractivity contribution in [1.82, 2.24) is 0 Å². The third-order valence-corrected chi connectivity index (χ3v) is 3.15. The minimum Gasteiger partial charge on any atom is -0.497 e. The number of carboxylic acid groups (broad SMARTS) is 1. The first-order chi connectivity index (χ1) is 9.01. The Hall–Kier alpha value is -2.24. The van der Waals surface area contributed by atoms with Gasteiger partial charge in [0.2, 0.25) is 5.91 Å². The summed E-state index contributed by atoms with van der Waals surface area (Å²) >= 11 is 0. The molecule has 6 nitrogen and oxygen atoms in total. The number of carbonyl (C=O) groups is 2. The molecule has 1 aromatic carbocycles. The van der Waals surface area contributed by atoms with E-state index in [1.54, 1.807) is 26.3 Å². The molecular weight excluding hydrogens is 250 g/mol. The zero-order valence-corrected chi connectivity index (χ0v) is 10.8. The molecule has 0 radical (unpaired) electrons. The number of benzene rings is 1. The smallest absolute Gasteiger partial charge is 0.497 e. The van der Waals surface area contributed by atoms with E-state index in [-0.39, 0.29) is 12.3 Å². The van der Waals surface area contributed by atoms with Crippen LogP contribution in [0.4, 0.5) is 10.5 Å². The SMILES string of the molecule is COc1ccc2c(c1)N(C)C(=O)CC(OC(=O)O)C2. The van der Waals surface area contributed by atoms with Crippen LogP contribution >= 0.6 is 0 Å². The maximum atomic E-state index is 12.0. The topological polar surface area (TPSA) is 76.1 Å². The van der Waals surface area contributed by atoms with Crippen LogP contribution in [0.1, 0.15) is 12.0 Å². The van der Waals surface area contributed by atoms with Crippen molar-refractivity contribution in [3.8, 4) is 5.75 Å². The molecule has 0 fully saturated rings. The lowest BCUT2D eigenvalue weighted by atomic mass is 10.1. The minimum absolute atomic E-state index is 0.0415. The van der Waals surface area contributed by atoms with Crippen molar-refractivity contribution in [3.05, 3.63) is 23.8 Å². The van der Waals surface area contributed by atoms with Crippen LogP contribution in [0, 0.1) is 0 Å². The van der Waals surface area contributed by atoms with E-state index < -0.39 is 12.3 Å². The molecule has 1 N–H and O–H groups in total. The predicted molar refractivity (Wildman–Crippen MR) is 67.6 cm³/mol. The lowest BCUT2D eigenvalue weighted by Crippen LogP contribution is -2.29. The van der Waals surface area contributed by atoms with Crippen molar-refractivity contribution in [2.45, 2.75) is 18.9 Å². The van der Waals surface area contributed by atoms with Crippen molar-refractivity contribution >= 4 is 17.7 Å². The van der Waals surface area contributed by atoms with Crippen LogP contribution in [0.25, 0.3) is 0 Å². The van der Waals surface area contributed by atoms with Crippen LogP contribution < -0.4 is 9.64 Å². The van der Waals surface area contributed by atoms with Crippen molar-refractivity contribution in [2.24, 2.45) is 0 Å². The molecule has 0 spiro atoms. The highest BCUT2D eigenvalue weighted by Crippen LogP contribution is 2.30. The molecule has 1 aliphatic rings. The van der Waals surface area contributed by atoms with Gasteiger partial charge in [0, 0.05) is 19.5 Å². The van der Waals surface area contributed by atoms with Crippen molar-refractivity contribution in [1.29, 1.82) is 0 Å². The van der Waals surface area contributed by atoms with Crippen molar-refractivity contribution < 1.29 is 24.2 Å². The third-order valence-electron chi connectivity index (χ3n) is 3.15. The first kappa shape index (κ1) is 13.2. The molecule has 1 heterocycles. The average Bonchev–Trinajstić information content (AvgIpc) is 2.47. The Labute approximate surface area is 110 Å². The molecule has 0 saturated carbocycles. The number of ether oxygens (including phenoxy) is 2. The van der Waals surface area contributed by atoms with E-state index in [0.29, 0.717) is 12.2 Å². The number of hydrogen-bond acceptors (Lipinski definition) is 4. The molecular formula is C13H15NO5. The molecule has 0 aliphatic carbocycles. The predicted octanol–water partition coefficient (Wildman–Crippen LogP) is 1.67. The number of carbonyl (C=O) groups excluding carboxylic acids is 1. The number of fused-ring (bicyclic) bond motifs is 1. The Bertz CT molecular complexity index is 514. The monoisotopic (exact) mass is 265 g/mol. The van der Waals surface area contributed by atoms with Crippen molar-refractivity contribution in [2.75, 3.05) is 19.1 Å². The first-order valence-electron chi connectivity index (χ1n) is 5.84. The van der Waals surface area contributed by atoms with Gasteiger partial charge in [-0.25, -0.2) is 4.79 Å². The van der Waals surface area contributed by atoms with E-state index >= 15 is 0 Å². The average molecular weight is 265 g/mol. The van der Waals surface area contributed by atoms with Crippen molar-refractivity contribution in [3.63, 3.8) is 0 Å². The fraction of sp³-hybridized carbons (Fsp3) is 0.385. The molecule has 2 rings (SSSR count). The van der Waals surface area contributed by atoms with Crippen LogP contribution in [0.3, 0.4) is 0 Å². The fourth-order valence-corrected chi connectivity index (χ4v) is 2.16. The van der Waals surface area contributed by atoms with Crippen LogP contribution in [0.15, 0.2) is 18.2 Å². The van der Waals surface area contributed by atoms with E-state index in [1.165, 1.54) is 4.90 Å². The number of nitrogens with zero attached hydrogens (tertiary/aromatic N) is 1. The second kappa shape index (κ2) is 5.17. The molecule has 0 bridgehead atoms. The molecule has 1 unspecified atom stereocenters. The highest BCUT2D eigenvalue weighted by molar-refractivity contribution is 5.95. The first-order valence-corrected chi connectivity index (χ1v) is 5.84. The van der Waals surface area contributed by atoms with Gasteiger partial charge in [-0.05, 0) is 11.6 Å². The normalized spacial score (nSPS) is 18.5. The van der Waals surface area contributed by atoms with Gasteiger partial charge in [0.15, 0.2) is 0 Å². The van der Waals surface area contributed by atoms with Gasteiger partial charge in [-0.3, -0.25) is 4.79 Å². The molecule has 1 atom stereocenters. The molecule has 1 amide bonds.